The maximum Gasteiger partial charge on any atom is 0.250 e. The van der Waals surface area contributed by atoms with Crippen molar-refractivity contribution in [2.45, 2.75) is 33.2 Å². The molecule has 0 bridgehead atoms. The Morgan fingerprint density at radius 1 is 1.54 bits per heavy atom. The normalized spacial score (nSPS) is 14.8. The van der Waals surface area contributed by atoms with Crippen LogP contribution in [0.2, 0.25) is 0 Å². The van der Waals surface area contributed by atoms with Crippen LogP contribution in [0.15, 0.2) is 29.6 Å². The Balaban J connectivity index is 3.18. The molecular formula is C16H22N4O4. The zero-order valence-electron chi connectivity index (χ0n) is 13.9. The van der Waals surface area contributed by atoms with Gasteiger partial charge < -0.3 is 10.9 Å². The Kier molecular flexibility index (Phi) is 7.03. The summed E-state index contributed by atoms with van der Waals surface area (Å²) in [4.78, 5) is 26.4. The molecule has 2 atom stereocenters. The van der Waals surface area contributed by atoms with Crippen LogP contribution >= 0.6 is 0 Å². The molecule has 2 unspecified atom stereocenters. The zero-order chi connectivity index (χ0) is 18.3. The molecule has 0 aromatic carbocycles. The number of rotatable bonds is 8. The molecule has 8 heteroatoms. The molecule has 0 spiro atoms. The van der Waals surface area contributed by atoms with Gasteiger partial charge in [0.25, 0.3) is 5.91 Å². The number of hydrogen-bond donors (Lipinski definition) is 2. The second-order valence-electron chi connectivity index (χ2n) is 5.69. The van der Waals surface area contributed by atoms with Gasteiger partial charge in [-0.05, 0) is 30.7 Å². The number of allylic oxidation sites excluding steroid dienone is 1. The molecule has 0 aliphatic heterocycles. The molecule has 1 aromatic rings. The first-order valence-corrected chi connectivity index (χ1v) is 7.61. The van der Waals surface area contributed by atoms with Crippen molar-refractivity contribution in [1.82, 2.24) is 4.98 Å². The number of pyridine rings is 1. The summed E-state index contributed by atoms with van der Waals surface area (Å²) < 4.78 is 0. The van der Waals surface area contributed by atoms with Crippen molar-refractivity contribution in [3.63, 3.8) is 0 Å². The lowest BCUT2D eigenvalue weighted by atomic mass is 9.85. The highest BCUT2D eigenvalue weighted by atomic mass is 16.6. The standard InChI is InChI=1S/C16H22N4O4/c1-4-11(15(10(2)3)20(23)24)14(19-22)8-7-13-12(16(17)21)6-5-9-18-13/h5-11,15,22H,4H2,1-3H3,(H2,17,21). The molecule has 8 nitrogen and oxygen atoms in total. The lowest BCUT2D eigenvalue weighted by Crippen LogP contribution is -2.38. The number of amides is 1. The maximum atomic E-state index is 11.4. The lowest BCUT2D eigenvalue weighted by molar-refractivity contribution is -0.536. The Morgan fingerprint density at radius 2 is 2.21 bits per heavy atom. The quantitative estimate of drug-likeness (QED) is 0.326. The number of nitrogens with zero attached hydrogens (tertiary/aromatic N) is 3. The van der Waals surface area contributed by atoms with Gasteiger partial charge in [-0.3, -0.25) is 19.9 Å². The van der Waals surface area contributed by atoms with E-state index in [1.807, 2.05) is 0 Å². The first-order chi connectivity index (χ1) is 11.3. The van der Waals surface area contributed by atoms with Crippen LogP contribution in [0.4, 0.5) is 0 Å². The minimum absolute atomic E-state index is 0.161. The van der Waals surface area contributed by atoms with Gasteiger partial charge >= 0.3 is 0 Å². The summed E-state index contributed by atoms with van der Waals surface area (Å²) in [5.74, 6) is -1.43. The van der Waals surface area contributed by atoms with Crippen LogP contribution in [-0.4, -0.2) is 32.8 Å². The molecule has 1 heterocycles. The minimum atomic E-state index is -0.884. The highest BCUT2D eigenvalue weighted by Gasteiger charge is 2.36. The van der Waals surface area contributed by atoms with Gasteiger partial charge in [-0.15, -0.1) is 0 Å². The van der Waals surface area contributed by atoms with Gasteiger partial charge in [-0.2, -0.15) is 0 Å². The molecule has 0 saturated heterocycles. The van der Waals surface area contributed by atoms with Crippen LogP contribution in [0, 0.1) is 22.0 Å². The van der Waals surface area contributed by atoms with E-state index in [2.05, 4.69) is 10.1 Å². The molecule has 0 fully saturated rings. The number of primary amides is 1. The van der Waals surface area contributed by atoms with E-state index in [-0.39, 0.29) is 22.1 Å². The second-order valence-corrected chi connectivity index (χ2v) is 5.69. The van der Waals surface area contributed by atoms with Gasteiger partial charge in [0.15, 0.2) is 0 Å². The van der Waals surface area contributed by atoms with E-state index in [0.717, 1.165) is 0 Å². The van der Waals surface area contributed by atoms with E-state index in [1.54, 1.807) is 26.8 Å². The van der Waals surface area contributed by atoms with E-state index in [0.29, 0.717) is 12.1 Å². The van der Waals surface area contributed by atoms with Crippen molar-refractivity contribution in [1.29, 1.82) is 0 Å². The predicted molar refractivity (Wildman–Crippen MR) is 90.4 cm³/mol. The minimum Gasteiger partial charge on any atom is -0.411 e. The number of carbonyl (C=O) groups is 1. The summed E-state index contributed by atoms with van der Waals surface area (Å²) in [6.45, 7) is 5.29. The topological polar surface area (TPSA) is 132 Å². The Hall–Kier alpha value is -2.77. The Morgan fingerprint density at radius 3 is 2.67 bits per heavy atom. The third-order valence-electron chi connectivity index (χ3n) is 3.79. The summed E-state index contributed by atoms with van der Waals surface area (Å²) in [6, 6.07) is 2.22. The molecule has 0 aliphatic carbocycles. The van der Waals surface area contributed by atoms with E-state index in [9.17, 15) is 20.1 Å². The van der Waals surface area contributed by atoms with Crippen LogP contribution in [0.3, 0.4) is 0 Å². The monoisotopic (exact) mass is 334 g/mol. The van der Waals surface area contributed by atoms with Gasteiger partial charge in [0.1, 0.15) is 0 Å². The van der Waals surface area contributed by atoms with Crippen LogP contribution in [0.1, 0.15) is 43.2 Å². The first-order valence-electron chi connectivity index (χ1n) is 7.61. The van der Waals surface area contributed by atoms with E-state index in [4.69, 9.17) is 5.73 Å². The van der Waals surface area contributed by atoms with E-state index in [1.165, 1.54) is 24.4 Å². The molecule has 0 aliphatic rings. The molecule has 3 N–H and O–H groups in total. The highest BCUT2D eigenvalue weighted by Crippen LogP contribution is 2.22. The molecule has 130 valence electrons. The van der Waals surface area contributed by atoms with Gasteiger partial charge in [-0.1, -0.05) is 25.9 Å². The van der Waals surface area contributed by atoms with Crippen molar-refractivity contribution in [3.05, 3.63) is 45.8 Å². The third kappa shape index (κ3) is 4.61. The van der Waals surface area contributed by atoms with Crippen LogP contribution in [-0.2, 0) is 0 Å². The number of nitro groups is 1. The van der Waals surface area contributed by atoms with Gasteiger partial charge in [0.2, 0.25) is 6.04 Å². The summed E-state index contributed by atoms with van der Waals surface area (Å²) >= 11 is 0. The molecule has 1 rings (SSSR count). The third-order valence-corrected chi connectivity index (χ3v) is 3.79. The molecule has 0 radical (unpaired) electrons. The van der Waals surface area contributed by atoms with Crippen molar-refractivity contribution in [2.75, 3.05) is 0 Å². The highest BCUT2D eigenvalue weighted by molar-refractivity contribution is 6.02. The molecule has 24 heavy (non-hydrogen) atoms. The Bertz CT molecular complexity index is 655. The Labute approximate surface area is 140 Å². The summed E-state index contributed by atoms with van der Waals surface area (Å²) in [6.07, 6.45) is 4.82. The van der Waals surface area contributed by atoms with Crippen molar-refractivity contribution >= 4 is 17.7 Å². The average molecular weight is 334 g/mol. The number of hydrogen-bond acceptors (Lipinski definition) is 6. The maximum absolute atomic E-state index is 11.4. The molecule has 1 aromatic heterocycles. The second kappa shape index (κ2) is 8.76. The first kappa shape index (κ1) is 19.3. The van der Waals surface area contributed by atoms with Crippen LogP contribution in [0.5, 0.6) is 0 Å². The summed E-state index contributed by atoms with van der Waals surface area (Å²) in [7, 11) is 0. The zero-order valence-corrected chi connectivity index (χ0v) is 13.9. The fourth-order valence-corrected chi connectivity index (χ4v) is 2.63. The largest absolute Gasteiger partial charge is 0.411 e. The van der Waals surface area contributed by atoms with Crippen molar-refractivity contribution in [3.8, 4) is 0 Å². The summed E-state index contributed by atoms with van der Waals surface area (Å²) in [5, 5.41) is 23.9. The van der Waals surface area contributed by atoms with Crippen molar-refractivity contribution in [2.24, 2.45) is 22.7 Å². The van der Waals surface area contributed by atoms with E-state index >= 15 is 0 Å². The van der Waals surface area contributed by atoms with Gasteiger partial charge in [-0.25, -0.2) is 0 Å². The fourth-order valence-electron chi connectivity index (χ4n) is 2.63. The van der Waals surface area contributed by atoms with Gasteiger partial charge in [0, 0.05) is 17.0 Å². The van der Waals surface area contributed by atoms with Crippen molar-refractivity contribution < 1.29 is 14.9 Å². The fraction of sp³-hybridized carbons (Fsp3) is 0.438. The predicted octanol–water partition coefficient (Wildman–Crippen LogP) is 2.35. The molecular weight excluding hydrogens is 312 g/mol. The number of oxime groups is 1. The van der Waals surface area contributed by atoms with E-state index < -0.39 is 17.9 Å². The lowest BCUT2D eigenvalue weighted by Gasteiger charge is -2.21. The van der Waals surface area contributed by atoms with Gasteiger partial charge in [0.05, 0.1) is 22.9 Å². The van der Waals surface area contributed by atoms with Crippen LogP contribution in [0.25, 0.3) is 6.08 Å². The number of nitrogens with two attached hydrogens (primary N) is 1. The average Bonchev–Trinajstić information content (AvgIpc) is 2.53. The van der Waals surface area contributed by atoms with Crippen LogP contribution < -0.4 is 5.73 Å². The number of carbonyl (C=O) groups excluding carboxylic acids is 1. The molecule has 1 amide bonds. The SMILES string of the molecule is CCC(C(C=Cc1ncccc1C(N)=O)=NO)C(C(C)C)[N+](=O)[O-]. The smallest absolute Gasteiger partial charge is 0.250 e. The summed E-state index contributed by atoms with van der Waals surface area (Å²) in [5.41, 5.74) is 5.97. The number of aromatic nitrogens is 1. The molecule has 0 saturated carbocycles.